The van der Waals surface area contributed by atoms with Crippen molar-refractivity contribution in [2.45, 2.75) is 19.3 Å². The number of benzene rings is 2. The van der Waals surface area contributed by atoms with Crippen LogP contribution >= 0.6 is 0 Å². The topological polar surface area (TPSA) is 59.1 Å². The Kier molecular flexibility index (Phi) is 7.37. The maximum absolute atomic E-state index is 13.8. The van der Waals surface area contributed by atoms with Crippen molar-refractivity contribution in [1.82, 2.24) is 9.80 Å². The second kappa shape index (κ2) is 10.6. The highest BCUT2D eigenvalue weighted by atomic mass is 19.1. The third-order valence-electron chi connectivity index (χ3n) is 6.15. The van der Waals surface area contributed by atoms with E-state index in [2.05, 4.69) is 0 Å². The molecule has 0 aromatic heterocycles. The van der Waals surface area contributed by atoms with E-state index in [9.17, 15) is 14.0 Å². The highest BCUT2D eigenvalue weighted by Crippen LogP contribution is 2.21. The van der Waals surface area contributed by atoms with E-state index >= 15 is 0 Å². The van der Waals surface area contributed by atoms with E-state index < -0.39 is 0 Å². The molecule has 7 heteroatoms. The summed E-state index contributed by atoms with van der Waals surface area (Å²) in [4.78, 5) is 28.6. The number of amides is 2. The van der Waals surface area contributed by atoms with Crippen LogP contribution in [0.25, 0.3) is 0 Å². The highest BCUT2D eigenvalue weighted by Gasteiger charge is 2.24. The number of ether oxygens (including phenoxy) is 2. The minimum atomic E-state index is -0.332. The van der Waals surface area contributed by atoms with Gasteiger partial charge < -0.3 is 19.3 Å². The van der Waals surface area contributed by atoms with Crippen LogP contribution in [0.4, 0.5) is 4.39 Å². The van der Waals surface area contributed by atoms with Gasteiger partial charge in [0.25, 0.3) is 5.91 Å². The van der Waals surface area contributed by atoms with Crippen LogP contribution in [0.5, 0.6) is 5.75 Å². The number of rotatable bonds is 6. The largest absolute Gasteiger partial charge is 0.493 e. The molecule has 2 aromatic rings. The maximum Gasteiger partial charge on any atom is 0.254 e. The molecule has 2 fully saturated rings. The molecule has 0 saturated carbocycles. The van der Waals surface area contributed by atoms with Gasteiger partial charge in [-0.05, 0) is 54.7 Å². The summed E-state index contributed by atoms with van der Waals surface area (Å²) >= 11 is 0. The van der Waals surface area contributed by atoms with Gasteiger partial charge in [-0.25, -0.2) is 4.39 Å². The fraction of sp³-hybridized carbons (Fsp3) is 0.440. The van der Waals surface area contributed by atoms with Gasteiger partial charge in [-0.2, -0.15) is 0 Å². The Labute approximate surface area is 187 Å². The summed E-state index contributed by atoms with van der Waals surface area (Å²) in [5.41, 5.74) is 1.10. The Morgan fingerprint density at radius 3 is 2.31 bits per heavy atom. The molecule has 0 unspecified atom stereocenters. The van der Waals surface area contributed by atoms with E-state index in [1.807, 2.05) is 17.0 Å². The van der Waals surface area contributed by atoms with Crippen molar-refractivity contribution in [1.29, 1.82) is 0 Å². The van der Waals surface area contributed by atoms with Crippen LogP contribution in [0.15, 0.2) is 48.5 Å². The third-order valence-corrected chi connectivity index (χ3v) is 6.15. The summed E-state index contributed by atoms with van der Waals surface area (Å²) in [7, 11) is 0. The highest BCUT2D eigenvalue weighted by molar-refractivity contribution is 5.94. The number of carbonyl (C=O) groups is 2. The van der Waals surface area contributed by atoms with Crippen molar-refractivity contribution in [2.75, 3.05) is 46.0 Å². The molecule has 2 aliphatic heterocycles. The molecule has 4 rings (SSSR count). The monoisotopic (exact) mass is 440 g/mol. The molecule has 0 atom stereocenters. The normalized spacial score (nSPS) is 17.3. The zero-order valence-corrected chi connectivity index (χ0v) is 18.2. The lowest BCUT2D eigenvalue weighted by Gasteiger charge is -2.32. The van der Waals surface area contributed by atoms with Gasteiger partial charge in [-0.15, -0.1) is 0 Å². The molecule has 2 amide bonds. The van der Waals surface area contributed by atoms with Gasteiger partial charge in [-0.3, -0.25) is 9.59 Å². The van der Waals surface area contributed by atoms with Gasteiger partial charge in [0.15, 0.2) is 0 Å². The number of morpholine rings is 1. The molecule has 170 valence electrons. The summed E-state index contributed by atoms with van der Waals surface area (Å²) in [6.07, 6.45) is 1.82. The lowest BCUT2D eigenvalue weighted by molar-refractivity contribution is -0.132. The van der Waals surface area contributed by atoms with E-state index in [0.717, 1.165) is 18.6 Å². The minimum absolute atomic E-state index is 0.0206. The number of piperidine rings is 1. The third kappa shape index (κ3) is 5.65. The van der Waals surface area contributed by atoms with Crippen LogP contribution in [0, 0.1) is 11.7 Å². The van der Waals surface area contributed by atoms with Crippen LogP contribution in [0.3, 0.4) is 0 Å². The van der Waals surface area contributed by atoms with E-state index in [0.29, 0.717) is 63.0 Å². The molecule has 2 aromatic carbocycles. The van der Waals surface area contributed by atoms with Crippen LogP contribution in [-0.2, 0) is 16.0 Å². The summed E-state index contributed by atoms with van der Waals surface area (Å²) in [6.45, 7) is 4.31. The molecule has 0 aliphatic carbocycles. The quantitative estimate of drug-likeness (QED) is 0.693. The number of halogens is 1. The number of hydrogen-bond acceptors (Lipinski definition) is 4. The van der Waals surface area contributed by atoms with Crippen molar-refractivity contribution < 1.29 is 23.5 Å². The molecule has 2 aliphatic rings. The van der Waals surface area contributed by atoms with Gasteiger partial charge >= 0.3 is 0 Å². The molecule has 0 spiro atoms. The minimum Gasteiger partial charge on any atom is -0.493 e. The average Bonchev–Trinajstić information content (AvgIpc) is 2.85. The first-order chi connectivity index (χ1) is 15.6. The van der Waals surface area contributed by atoms with Crippen LogP contribution in [-0.4, -0.2) is 67.6 Å². The predicted octanol–water partition coefficient (Wildman–Crippen LogP) is 3.16. The molecule has 0 radical (unpaired) electrons. The Hall–Kier alpha value is -2.93. The van der Waals surface area contributed by atoms with Gasteiger partial charge in [0.1, 0.15) is 11.6 Å². The van der Waals surface area contributed by atoms with Crippen LogP contribution in [0.1, 0.15) is 28.8 Å². The van der Waals surface area contributed by atoms with Gasteiger partial charge in [0.2, 0.25) is 5.91 Å². The lowest BCUT2D eigenvalue weighted by Crippen LogP contribution is -2.40. The van der Waals surface area contributed by atoms with Crippen LogP contribution in [0.2, 0.25) is 0 Å². The van der Waals surface area contributed by atoms with E-state index in [1.54, 1.807) is 35.2 Å². The number of carbonyl (C=O) groups excluding carboxylic acids is 2. The summed E-state index contributed by atoms with van der Waals surface area (Å²) in [5, 5.41) is 0. The van der Waals surface area contributed by atoms with E-state index in [-0.39, 0.29) is 24.1 Å². The Morgan fingerprint density at radius 1 is 0.938 bits per heavy atom. The van der Waals surface area contributed by atoms with E-state index in [4.69, 9.17) is 9.47 Å². The molecule has 32 heavy (non-hydrogen) atoms. The second-order valence-corrected chi connectivity index (χ2v) is 8.33. The molecular weight excluding hydrogens is 411 g/mol. The Balaban J connectivity index is 1.20. The van der Waals surface area contributed by atoms with Gasteiger partial charge in [0.05, 0.1) is 26.2 Å². The van der Waals surface area contributed by atoms with Crippen molar-refractivity contribution in [2.24, 2.45) is 5.92 Å². The zero-order chi connectivity index (χ0) is 22.3. The van der Waals surface area contributed by atoms with Crippen molar-refractivity contribution >= 4 is 11.8 Å². The van der Waals surface area contributed by atoms with Crippen LogP contribution < -0.4 is 4.74 Å². The molecule has 0 N–H and O–H groups in total. The first kappa shape index (κ1) is 22.3. The summed E-state index contributed by atoms with van der Waals surface area (Å²) in [6, 6.07) is 13.7. The Morgan fingerprint density at radius 2 is 1.62 bits per heavy atom. The van der Waals surface area contributed by atoms with Crippen molar-refractivity contribution in [3.8, 4) is 5.75 Å². The fourth-order valence-electron chi connectivity index (χ4n) is 4.12. The zero-order valence-electron chi connectivity index (χ0n) is 18.2. The molecule has 2 heterocycles. The molecular formula is C25H29FN2O4. The number of nitrogens with zero attached hydrogens (tertiary/aromatic N) is 2. The van der Waals surface area contributed by atoms with E-state index in [1.165, 1.54) is 6.07 Å². The average molecular weight is 441 g/mol. The fourth-order valence-corrected chi connectivity index (χ4v) is 4.12. The molecule has 0 bridgehead atoms. The Bertz CT molecular complexity index is 920. The van der Waals surface area contributed by atoms with Gasteiger partial charge in [-0.1, -0.05) is 18.2 Å². The standard InChI is InChI=1S/C25H29FN2O4/c26-23-4-2-1-3-21(23)17-24(29)27-11-9-19(10-12-27)18-32-22-7-5-20(6-8-22)25(30)28-13-15-31-16-14-28/h1-8,19H,9-18H2. The maximum atomic E-state index is 13.8. The van der Waals surface area contributed by atoms with Gasteiger partial charge in [0, 0.05) is 31.7 Å². The first-order valence-electron chi connectivity index (χ1n) is 11.2. The molecule has 6 nitrogen and oxygen atoms in total. The van der Waals surface area contributed by atoms with Crippen molar-refractivity contribution in [3.63, 3.8) is 0 Å². The predicted molar refractivity (Wildman–Crippen MR) is 118 cm³/mol. The van der Waals surface area contributed by atoms with Crippen molar-refractivity contribution in [3.05, 3.63) is 65.5 Å². The second-order valence-electron chi connectivity index (χ2n) is 8.33. The summed E-state index contributed by atoms with van der Waals surface area (Å²) < 4.78 is 25.0. The SMILES string of the molecule is O=C(Cc1ccccc1F)N1CCC(COc2ccc(C(=O)N3CCOCC3)cc2)CC1. The number of hydrogen-bond donors (Lipinski definition) is 0. The number of likely N-dealkylation sites (tertiary alicyclic amines) is 1. The molecule has 2 saturated heterocycles. The summed E-state index contributed by atoms with van der Waals surface area (Å²) in [5.74, 6) is 0.757. The smallest absolute Gasteiger partial charge is 0.254 e. The first-order valence-corrected chi connectivity index (χ1v) is 11.2. The lowest BCUT2D eigenvalue weighted by atomic mass is 9.97.